The highest BCUT2D eigenvalue weighted by Gasteiger charge is 2.05. The van der Waals surface area contributed by atoms with Crippen LogP contribution in [0.25, 0.3) is 0 Å². The number of likely N-dealkylation sites (N-methyl/N-ethyl adjacent to an activating group) is 1. The fraction of sp³-hybridized carbons (Fsp3) is 0.300. The zero-order chi connectivity index (χ0) is 12.0. The lowest BCUT2D eigenvalue weighted by Crippen LogP contribution is -2.24. The van der Waals surface area contributed by atoms with Gasteiger partial charge in [0.2, 0.25) is 5.91 Å². The summed E-state index contributed by atoms with van der Waals surface area (Å²) in [5.41, 5.74) is 0.596. The second-order valence-corrected chi connectivity index (χ2v) is 4.04. The molecule has 1 rings (SSSR count). The Morgan fingerprint density at radius 2 is 1.94 bits per heavy atom. The van der Waals surface area contributed by atoms with E-state index in [0.29, 0.717) is 22.3 Å². The summed E-state index contributed by atoms with van der Waals surface area (Å²) >= 11 is 0.478. The smallest absolute Gasteiger partial charge is 0.288 e. The van der Waals surface area contributed by atoms with Gasteiger partial charge in [0.05, 0.1) is 6.54 Å². The Bertz CT molecular complexity index is 349. The molecule has 17 heavy (non-hydrogen) atoms. The number of benzene rings is 1. The van der Waals surface area contributed by atoms with Crippen LogP contribution in [0.5, 0.6) is 0 Å². The van der Waals surface area contributed by atoms with Crippen molar-refractivity contribution >= 4 is 35.8 Å². The van der Waals surface area contributed by atoms with Crippen molar-refractivity contribution < 1.29 is 13.6 Å². The summed E-state index contributed by atoms with van der Waals surface area (Å²) in [4.78, 5) is 11.7. The van der Waals surface area contributed by atoms with Crippen LogP contribution in [0.1, 0.15) is 0 Å². The first kappa shape index (κ1) is 16.1. The number of halogens is 3. The number of hydrogen-bond acceptors (Lipinski definition) is 3. The minimum atomic E-state index is -2.43. The molecule has 1 amide bonds. The van der Waals surface area contributed by atoms with Crippen LogP contribution in [0, 0.1) is 0 Å². The van der Waals surface area contributed by atoms with Crippen molar-refractivity contribution in [3.8, 4) is 0 Å². The van der Waals surface area contributed by atoms with E-state index < -0.39 is 5.76 Å². The molecule has 1 aromatic rings. The molecule has 1 aromatic carbocycles. The third kappa shape index (κ3) is 6.45. The van der Waals surface area contributed by atoms with Crippen molar-refractivity contribution in [3.63, 3.8) is 0 Å². The fourth-order valence-electron chi connectivity index (χ4n) is 1.09. The summed E-state index contributed by atoms with van der Waals surface area (Å²) in [6.45, 7) is 0.216. The van der Waals surface area contributed by atoms with Crippen LogP contribution < -0.4 is 10.6 Å². The number of hydrogen-bond donors (Lipinski definition) is 2. The lowest BCUT2D eigenvalue weighted by Gasteiger charge is -2.05. The van der Waals surface area contributed by atoms with E-state index in [0.717, 1.165) is 0 Å². The first-order valence-electron chi connectivity index (χ1n) is 4.61. The van der Waals surface area contributed by atoms with Crippen LogP contribution in [0.15, 0.2) is 29.2 Å². The molecule has 7 heteroatoms. The van der Waals surface area contributed by atoms with E-state index in [-0.39, 0.29) is 24.9 Å². The van der Waals surface area contributed by atoms with E-state index in [1.165, 1.54) is 0 Å². The summed E-state index contributed by atoms with van der Waals surface area (Å²) in [5.74, 6) is -2.60. The van der Waals surface area contributed by atoms with E-state index in [1.807, 2.05) is 0 Å². The average Bonchev–Trinajstić information content (AvgIpc) is 2.20. The predicted molar refractivity (Wildman–Crippen MR) is 68.1 cm³/mol. The number of nitrogens with one attached hydrogen (secondary N) is 2. The third-order valence-electron chi connectivity index (χ3n) is 1.70. The summed E-state index contributed by atoms with van der Waals surface area (Å²) in [6.07, 6.45) is 0. The van der Waals surface area contributed by atoms with Gasteiger partial charge in [-0.25, -0.2) is 0 Å². The maximum absolute atomic E-state index is 12.0. The molecule has 0 atom stereocenters. The van der Waals surface area contributed by atoms with Gasteiger partial charge in [-0.15, -0.1) is 12.4 Å². The molecule has 0 heterocycles. The van der Waals surface area contributed by atoms with Gasteiger partial charge >= 0.3 is 0 Å². The molecule has 96 valence electrons. The Morgan fingerprint density at radius 3 is 2.41 bits per heavy atom. The molecule has 0 aliphatic rings. The molecule has 0 unspecified atom stereocenters. The Balaban J connectivity index is 0.00000256. The van der Waals surface area contributed by atoms with Gasteiger partial charge in [0.15, 0.2) is 0 Å². The topological polar surface area (TPSA) is 41.1 Å². The highest BCUT2D eigenvalue weighted by Crippen LogP contribution is 2.25. The fourth-order valence-corrected chi connectivity index (χ4v) is 1.58. The van der Waals surface area contributed by atoms with Crippen molar-refractivity contribution in [1.29, 1.82) is 0 Å². The van der Waals surface area contributed by atoms with Gasteiger partial charge < -0.3 is 10.6 Å². The molecule has 2 N–H and O–H groups in total. The summed E-state index contributed by atoms with van der Waals surface area (Å²) < 4.78 is 24.0. The van der Waals surface area contributed by atoms with Crippen molar-refractivity contribution in [2.45, 2.75) is 10.7 Å². The Hall–Kier alpha value is -0.850. The van der Waals surface area contributed by atoms with Crippen LogP contribution in [0.2, 0.25) is 0 Å². The number of anilines is 1. The Labute approximate surface area is 109 Å². The maximum atomic E-state index is 12.0. The number of amides is 1. The van der Waals surface area contributed by atoms with E-state index in [9.17, 15) is 13.6 Å². The zero-order valence-electron chi connectivity index (χ0n) is 9.07. The van der Waals surface area contributed by atoms with Gasteiger partial charge in [-0.2, -0.15) is 8.78 Å². The number of thioether (sulfide) groups is 1. The number of carbonyl (C=O) groups excluding carboxylic acids is 1. The molecule has 0 radical (unpaired) electrons. The number of rotatable bonds is 5. The van der Waals surface area contributed by atoms with E-state index >= 15 is 0 Å². The van der Waals surface area contributed by atoms with Crippen molar-refractivity contribution in [3.05, 3.63) is 24.3 Å². The highest BCUT2D eigenvalue weighted by molar-refractivity contribution is 7.99. The minimum Gasteiger partial charge on any atom is -0.325 e. The first-order valence-corrected chi connectivity index (χ1v) is 5.49. The monoisotopic (exact) mass is 282 g/mol. The van der Waals surface area contributed by atoms with Crippen molar-refractivity contribution in [2.75, 3.05) is 18.9 Å². The van der Waals surface area contributed by atoms with Gasteiger partial charge in [0, 0.05) is 10.6 Å². The number of carbonyl (C=O) groups is 1. The molecular formula is C10H13ClF2N2OS. The standard InChI is InChI=1S/C10H12F2N2OS.ClH/c1-13-6-9(15)14-7-2-4-8(5-3-7)16-10(11)12;/h2-5,10,13H,6H2,1H3,(H,14,15);1H. The Kier molecular flexibility index (Phi) is 7.86. The lowest BCUT2D eigenvalue weighted by atomic mass is 10.3. The Morgan fingerprint density at radius 1 is 1.35 bits per heavy atom. The molecule has 0 fully saturated rings. The molecule has 0 saturated carbocycles. The average molecular weight is 283 g/mol. The van der Waals surface area contributed by atoms with Gasteiger partial charge in [-0.05, 0) is 31.3 Å². The van der Waals surface area contributed by atoms with Crippen LogP contribution in [0.3, 0.4) is 0 Å². The summed E-state index contributed by atoms with van der Waals surface area (Å²) in [6, 6.07) is 6.29. The predicted octanol–water partition coefficient (Wildman–Crippen LogP) is 2.58. The second-order valence-electron chi connectivity index (χ2n) is 2.98. The van der Waals surface area contributed by atoms with Crippen LogP contribution in [0.4, 0.5) is 14.5 Å². The minimum absolute atomic E-state index is 0. The van der Waals surface area contributed by atoms with E-state index in [1.54, 1.807) is 31.3 Å². The SMILES string of the molecule is CNCC(=O)Nc1ccc(SC(F)F)cc1.Cl. The summed E-state index contributed by atoms with van der Waals surface area (Å²) in [7, 11) is 1.67. The highest BCUT2D eigenvalue weighted by atomic mass is 35.5. The molecule has 0 aromatic heterocycles. The van der Waals surface area contributed by atoms with E-state index in [2.05, 4.69) is 10.6 Å². The maximum Gasteiger partial charge on any atom is 0.288 e. The van der Waals surface area contributed by atoms with Gasteiger partial charge in [-0.3, -0.25) is 4.79 Å². The molecule has 0 aliphatic carbocycles. The second kappa shape index (κ2) is 8.27. The van der Waals surface area contributed by atoms with E-state index in [4.69, 9.17) is 0 Å². The molecular weight excluding hydrogens is 270 g/mol. The van der Waals surface area contributed by atoms with Crippen LogP contribution in [-0.4, -0.2) is 25.3 Å². The molecule has 0 bridgehead atoms. The molecule has 3 nitrogen and oxygen atoms in total. The van der Waals surface area contributed by atoms with Gasteiger partial charge in [-0.1, -0.05) is 11.8 Å². The molecule has 0 saturated heterocycles. The van der Waals surface area contributed by atoms with Crippen molar-refractivity contribution in [2.24, 2.45) is 0 Å². The van der Waals surface area contributed by atoms with Crippen LogP contribution >= 0.6 is 24.2 Å². The number of alkyl halides is 2. The largest absolute Gasteiger partial charge is 0.325 e. The van der Waals surface area contributed by atoms with Crippen molar-refractivity contribution in [1.82, 2.24) is 5.32 Å². The van der Waals surface area contributed by atoms with Crippen LogP contribution in [-0.2, 0) is 4.79 Å². The van der Waals surface area contributed by atoms with Gasteiger partial charge in [0.25, 0.3) is 5.76 Å². The first-order chi connectivity index (χ1) is 7.61. The third-order valence-corrected chi connectivity index (χ3v) is 2.42. The normalized spacial score (nSPS) is 9.88. The zero-order valence-corrected chi connectivity index (χ0v) is 10.7. The quantitative estimate of drug-likeness (QED) is 0.816. The van der Waals surface area contributed by atoms with Gasteiger partial charge in [0.1, 0.15) is 0 Å². The molecule has 0 aliphatic heterocycles. The molecule has 0 spiro atoms. The lowest BCUT2D eigenvalue weighted by molar-refractivity contribution is -0.115. The summed E-state index contributed by atoms with van der Waals surface area (Å²) in [5, 5.41) is 5.34.